The first kappa shape index (κ1) is 12.0. The highest BCUT2D eigenvalue weighted by molar-refractivity contribution is 9.10. The molecular weight excluding hydrogens is 282 g/mol. The van der Waals surface area contributed by atoms with E-state index in [2.05, 4.69) is 52.2 Å². The van der Waals surface area contributed by atoms with Crippen molar-refractivity contribution in [2.24, 2.45) is 0 Å². The average molecular weight is 296 g/mol. The third kappa shape index (κ3) is 2.31. The van der Waals surface area contributed by atoms with E-state index >= 15 is 0 Å². The molecule has 5 nitrogen and oxygen atoms in total. The quantitative estimate of drug-likeness (QED) is 0.820. The Hall–Kier alpha value is -1.43. The molecule has 0 saturated carbocycles. The zero-order chi connectivity index (χ0) is 12.6. The molecule has 90 valence electrons. The SMILES string of the molecule is CC(C)(C)c1nnnn1-c1ccc(Br)cc1N. The number of hydrogen-bond donors (Lipinski definition) is 1. The van der Waals surface area contributed by atoms with E-state index < -0.39 is 0 Å². The van der Waals surface area contributed by atoms with Crippen molar-refractivity contribution in [1.82, 2.24) is 20.2 Å². The van der Waals surface area contributed by atoms with Crippen LogP contribution in [0, 0.1) is 0 Å². The van der Waals surface area contributed by atoms with Gasteiger partial charge in [0.15, 0.2) is 5.82 Å². The summed E-state index contributed by atoms with van der Waals surface area (Å²) < 4.78 is 2.62. The maximum absolute atomic E-state index is 5.98. The molecule has 17 heavy (non-hydrogen) atoms. The molecule has 6 heteroatoms. The molecule has 1 heterocycles. The van der Waals surface area contributed by atoms with Gasteiger partial charge in [-0.15, -0.1) is 5.10 Å². The Kier molecular flexibility index (Phi) is 2.91. The van der Waals surface area contributed by atoms with E-state index in [0.29, 0.717) is 5.69 Å². The summed E-state index contributed by atoms with van der Waals surface area (Å²) in [7, 11) is 0. The largest absolute Gasteiger partial charge is 0.397 e. The van der Waals surface area contributed by atoms with Crippen LogP contribution in [0.3, 0.4) is 0 Å². The Bertz CT molecular complexity index is 541. The summed E-state index contributed by atoms with van der Waals surface area (Å²) in [6.45, 7) is 6.18. The number of rotatable bonds is 1. The highest BCUT2D eigenvalue weighted by atomic mass is 79.9. The lowest BCUT2D eigenvalue weighted by Gasteiger charge is -2.17. The average Bonchev–Trinajstić information content (AvgIpc) is 2.65. The number of aromatic nitrogens is 4. The molecular formula is C11H14BrN5. The van der Waals surface area contributed by atoms with Gasteiger partial charge in [0.2, 0.25) is 0 Å². The number of hydrogen-bond acceptors (Lipinski definition) is 4. The van der Waals surface area contributed by atoms with Crippen molar-refractivity contribution in [3.63, 3.8) is 0 Å². The van der Waals surface area contributed by atoms with Gasteiger partial charge in [-0.25, -0.2) is 0 Å². The van der Waals surface area contributed by atoms with Gasteiger partial charge in [0.05, 0.1) is 11.4 Å². The van der Waals surface area contributed by atoms with E-state index in [1.54, 1.807) is 4.68 Å². The molecule has 2 N–H and O–H groups in total. The third-order valence-electron chi connectivity index (χ3n) is 2.36. The van der Waals surface area contributed by atoms with Gasteiger partial charge in [-0.05, 0) is 28.6 Å². The smallest absolute Gasteiger partial charge is 0.162 e. The van der Waals surface area contributed by atoms with Gasteiger partial charge in [-0.2, -0.15) is 4.68 Å². The molecule has 0 unspecified atom stereocenters. The number of halogens is 1. The number of tetrazole rings is 1. The van der Waals surface area contributed by atoms with Gasteiger partial charge in [-0.3, -0.25) is 0 Å². The summed E-state index contributed by atoms with van der Waals surface area (Å²) in [6, 6.07) is 5.65. The fourth-order valence-corrected chi connectivity index (χ4v) is 1.91. The predicted molar refractivity (Wildman–Crippen MR) is 70.0 cm³/mol. The van der Waals surface area contributed by atoms with E-state index in [1.165, 1.54) is 0 Å². The standard InChI is InChI=1S/C11H14BrN5/c1-11(2,3)10-14-15-16-17(10)9-5-4-7(12)6-8(9)13/h4-6H,13H2,1-3H3. The monoisotopic (exact) mass is 295 g/mol. The van der Waals surface area contributed by atoms with Crippen LogP contribution < -0.4 is 5.73 Å². The van der Waals surface area contributed by atoms with E-state index in [9.17, 15) is 0 Å². The normalized spacial score (nSPS) is 11.8. The number of nitrogens with zero attached hydrogens (tertiary/aromatic N) is 4. The summed E-state index contributed by atoms with van der Waals surface area (Å²) in [6.07, 6.45) is 0. The van der Waals surface area contributed by atoms with Crippen molar-refractivity contribution < 1.29 is 0 Å². The van der Waals surface area contributed by atoms with Gasteiger partial charge in [0.1, 0.15) is 0 Å². The van der Waals surface area contributed by atoms with Crippen molar-refractivity contribution in [2.45, 2.75) is 26.2 Å². The van der Waals surface area contributed by atoms with E-state index in [4.69, 9.17) is 5.73 Å². The van der Waals surface area contributed by atoms with Crippen LogP contribution in [0.5, 0.6) is 0 Å². The predicted octanol–water partition coefficient (Wildman–Crippen LogP) is 2.30. The van der Waals surface area contributed by atoms with Crippen molar-refractivity contribution >= 4 is 21.6 Å². The maximum atomic E-state index is 5.98. The molecule has 1 aromatic heterocycles. The lowest BCUT2D eigenvalue weighted by molar-refractivity contribution is 0.526. The van der Waals surface area contributed by atoms with Crippen LogP contribution in [0.15, 0.2) is 22.7 Å². The number of anilines is 1. The van der Waals surface area contributed by atoms with E-state index in [1.807, 2.05) is 18.2 Å². The van der Waals surface area contributed by atoms with Gasteiger partial charge < -0.3 is 5.73 Å². The van der Waals surface area contributed by atoms with E-state index in [-0.39, 0.29) is 5.41 Å². The maximum Gasteiger partial charge on any atom is 0.162 e. The van der Waals surface area contributed by atoms with Gasteiger partial charge in [0.25, 0.3) is 0 Å². The molecule has 0 aliphatic rings. The van der Waals surface area contributed by atoms with E-state index in [0.717, 1.165) is 16.0 Å². The van der Waals surface area contributed by atoms with Crippen LogP contribution in [0.2, 0.25) is 0 Å². The Morgan fingerprint density at radius 2 is 2.00 bits per heavy atom. The molecule has 2 aromatic rings. The topological polar surface area (TPSA) is 69.6 Å². The van der Waals surface area contributed by atoms with Crippen LogP contribution in [0.4, 0.5) is 5.69 Å². The van der Waals surface area contributed by atoms with Crippen molar-refractivity contribution in [2.75, 3.05) is 5.73 Å². The molecule has 0 atom stereocenters. The number of nitrogens with two attached hydrogens (primary N) is 1. The lowest BCUT2D eigenvalue weighted by atomic mass is 9.95. The Morgan fingerprint density at radius 3 is 2.59 bits per heavy atom. The molecule has 0 aliphatic carbocycles. The Labute approximate surface area is 108 Å². The first-order chi connectivity index (χ1) is 7.89. The van der Waals surface area contributed by atoms with Crippen LogP contribution in [0.1, 0.15) is 26.6 Å². The van der Waals surface area contributed by atoms with Crippen LogP contribution in [0.25, 0.3) is 5.69 Å². The molecule has 1 aromatic carbocycles. The molecule has 0 aliphatic heterocycles. The highest BCUT2D eigenvalue weighted by Crippen LogP contribution is 2.26. The van der Waals surface area contributed by atoms with Crippen molar-refractivity contribution in [3.8, 4) is 5.69 Å². The lowest BCUT2D eigenvalue weighted by Crippen LogP contribution is -2.19. The van der Waals surface area contributed by atoms with Gasteiger partial charge in [-0.1, -0.05) is 36.7 Å². The molecule has 0 saturated heterocycles. The Balaban J connectivity index is 2.58. The summed E-state index contributed by atoms with van der Waals surface area (Å²) >= 11 is 3.38. The highest BCUT2D eigenvalue weighted by Gasteiger charge is 2.23. The molecule has 2 rings (SSSR count). The van der Waals surface area contributed by atoms with Crippen LogP contribution in [-0.4, -0.2) is 20.2 Å². The fourth-order valence-electron chi connectivity index (χ4n) is 1.54. The first-order valence-electron chi connectivity index (χ1n) is 5.24. The van der Waals surface area contributed by atoms with Gasteiger partial charge in [0, 0.05) is 9.89 Å². The molecule has 0 amide bonds. The van der Waals surface area contributed by atoms with Crippen molar-refractivity contribution in [3.05, 3.63) is 28.5 Å². The zero-order valence-electron chi connectivity index (χ0n) is 9.98. The molecule has 0 fully saturated rings. The zero-order valence-corrected chi connectivity index (χ0v) is 11.6. The number of benzene rings is 1. The minimum absolute atomic E-state index is 0.136. The van der Waals surface area contributed by atoms with Crippen LogP contribution >= 0.6 is 15.9 Å². The molecule has 0 radical (unpaired) electrons. The summed E-state index contributed by atoms with van der Waals surface area (Å²) in [4.78, 5) is 0. The first-order valence-corrected chi connectivity index (χ1v) is 6.03. The van der Waals surface area contributed by atoms with Crippen LogP contribution in [-0.2, 0) is 5.41 Å². The summed E-state index contributed by atoms with van der Waals surface area (Å²) in [5.74, 6) is 0.784. The molecule has 0 spiro atoms. The Morgan fingerprint density at radius 1 is 1.29 bits per heavy atom. The summed E-state index contributed by atoms with van der Waals surface area (Å²) in [5.41, 5.74) is 7.27. The molecule has 0 bridgehead atoms. The second kappa shape index (κ2) is 4.10. The second-order valence-corrected chi connectivity index (χ2v) is 5.78. The van der Waals surface area contributed by atoms with Crippen molar-refractivity contribution in [1.29, 1.82) is 0 Å². The summed E-state index contributed by atoms with van der Waals surface area (Å²) in [5, 5.41) is 11.8. The third-order valence-corrected chi connectivity index (χ3v) is 2.85. The number of nitrogen functional groups attached to an aromatic ring is 1. The fraction of sp³-hybridized carbons (Fsp3) is 0.364. The second-order valence-electron chi connectivity index (χ2n) is 4.87. The minimum atomic E-state index is -0.136. The van der Waals surface area contributed by atoms with Gasteiger partial charge >= 0.3 is 0 Å². The minimum Gasteiger partial charge on any atom is -0.397 e.